The van der Waals surface area contributed by atoms with E-state index >= 15 is 0 Å². The summed E-state index contributed by atoms with van der Waals surface area (Å²) < 4.78 is 0. The molecule has 0 radical (unpaired) electrons. The number of hydrogen-bond acceptors (Lipinski definition) is 2. The Labute approximate surface area is 117 Å². The number of nitrogens with zero attached hydrogens (tertiary/aromatic N) is 1. The van der Waals surface area contributed by atoms with Crippen LogP contribution in [0.1, 0.15) is 39.7 Å². The van der Waals surface area contributed by atoms with Crippen molar-refractivity contribution in [1.29, 1.82) is 0 Å². The van der Waals surface area contributed by atoms with E-state index in [0.29, 0.717) is 0 Å². The molecule has 2 heterocycles. The second-order valence-electron chi connectivity index (χ2n) is 5.04. The van der Waals surface area contributed by atoms with Gasteiger partial charge in [-0.25, -0.2) is 0 Å². The summed E-state index contributed by atoms with van der Waals surface area (Å²) in [5, 5.41) is 2.09. The Morgan fingerprint density at radius 2 is 2.05 bits per heavy atom. The van der Waals surface area contributed by atoms with Gasteiger partial charge in [0.05, 0.1) is 6.04 Å². The molecule has 0 saturated carbocycles. The first-order valence-corrected chi connectivity index (χ1v) is 7.55. The molecule has 0 bridgehead atoms. The number of carbonyl (C=O) groups is 1. The summed E-state index contributed by atoms with van der Waals surface area (Å²) in [5.41, 5.74) is 1.99. The minimum atomic E-state index is 0.163. The van der Waals surface area contributed by atoms with Crippen LogP contribution < -0.4 is 0 Å². The third-order valence-electron chi connectivity index (χ3n) is 3.68. The molecule has 1 fully saturated rings. The van der Waals surface area contributed by atoms with Crippen molar-refractivity contribution in [3.8, 4) is 0 Å². The number of carbonyl (C=O) groups excluding carboxylic acids is 1. The van der Waals surface area contributed by atoms with Gasteiger partial charge in [-0.3, -0.25) is 4.79 Å². The highest BCUT2D eigenvalue weighted by Crippen LogP contribution is 2.35. The first kappa shape index (κ1) is 12.4. The molecule has 1 amide bonds. The van der Waals surface area contributed by atoms with Crippen LogP contribution in [0.15, 0.2) is 41.8 Å². The van der Waals surface area contributed by atoms with E-state index in [4.69, 9.17) is 0 Å². The van der Waals surface area contributed by atoms with E-state index in [1.807, 2.05) is 36.1 Å². The van der Waals surface area contributed by atoms with Crippen molar-refractivity contribution in [3.63, 3.8) is 0 Å². The van der Waals surface area contributed by atoms with Crippen LogP contribution in [-0.4, -0.2) is 17.4 Å². The molecule has 1 atom stereocenters. The van der Waals surface area contributed by atoms with E-state index in [9.17, 15) is 4.79 Å². The lowest BCUT2D eigenvalue weighted by molar-refractivity contribution is 0.0738. The lowest BCUT2D eigenvalue weighted by atomic mass is 10.1. The van der Waals surface area contributed by atoms with Gasteiger partial charge in [0.15, 0.2) is 0 Å². The molecule has 2 aromatic rings. The van der Waals surface area contributed by atoms with E-state index < -0.39 is 0 Å². The van der Waals surface area contributed by atoms with Crippen molar-refractivity contribution in [3.05, 3.63) is 57.8 Å². The van der Waals surface area contributed by atoms with Gasteiger partial charge >= 0.3 is 0 Å². The largest absolute Gasteiger partial charge is 0.331 e. The summed E-state index contributed by atoms with van der Waals surface area (Å²) in [4.78, 5) is 15.9. The summed E-state index contributed by atoms with van der Waals surface area (Å²) in [5.74, 6) is 0.163. The van der Waals surface area contributed by atoms with Gasteiger partial charge in [0.2, 0.25) is 0 Å². The normalized spacial score (nSPS) is 18.8. The van der Waals surface area contributed by atoms with E-state index in [0.717, 1.165) is 24.9 Å². The molecule has 0 spiro atoms. The Kier molecular flexibility index (Phi) is 3.38. The average molecular weight is 271 g/mol. The summed E-state index contributed by atoms with van der Waals surface area (Å²) in [6.07, 6.45) is 2.18. The fourth-order valence-corrected chi connectivity index (χ4v) is 3.52. The molecular weight excluding hydrogens is 254 g/mol. The zero-order valence-corrected chi connectivity index (χ0v) is 11.8. The molecule has 0 N–H and O–H groups in total. The van der Waals surface area contributed by atoms with Gasteiger partial charge in [-0.2, -0.15) is 0 Å². The molecule has 98 valence electrons. The quantitative estimate of drug-likeness (QED) is 0.807. The molecular formula is C16H17NOS. The molecule has 2 nitrogen and oxygen atoms in total. The average Bonchev–Trinajstić information content (AvgIpc) is 3.09. The maximum absolute atomic E-state index is 12.6. The zero-order chi connectivity index (χ0) is 13.2. The monoisotopic (exact) mass is 271 g/mol. The first-order chi connectivity index (χ1) is 9.25. The number of benzene rings is 1. The van der Waals surface area contributed by atoms with Gasteiger partial charge in [0.25, 0.3) is 5.91 Å². The predicted molar refractivity (Wildman–Crippen MR) is 78.5 cm³/mol. The maximum atomic E-state index is 12.6. The molecule has 1 saturated heterocycles. The SMILES string of the molecule is Cc1ccc(C(=O)N2CCCC2c2cccs2)cc1. The molecule has 3 rings (SSSR count). The Morgan fingerprint density at radius 1 is 1.26 bits per heavy atom. The highest BCUT2D eigenvalue weighted by Gasteiger charge is 2.30. The zero-order valence-electron chi connectivity index (χ0n) is 11.0. The number of aryl methyl sites for hydroxylation is 1. The lowest BCUT2D eigenvalue weighted by Gasteiger charge is -2.24. The second-order valence-corrected chi connectivity index (χ2v) is 6.02. The third kappa shape index (κ3) is 2.43. The van der Waals surface area contributed by atoms with Crippen molar-refractivity contribution >= 4 is 17.2 Å². The van der Waals surface area contributed by atoms with Crippen LogP contribution >= 0.6 is 11.3 Å². The minimum Gasteiger partial charge on any atom is -0.331 e. The molecule has 0 aliphatic carbocycles. The van der Waals surface area contributed by atoms with Gasteiger partial charge in [0, 0.05) is 17.0 Å². The molecule has 3 heteroatoms. The van der Waals surface area contributed by atoms with Crippen molar-refractivity contribution in [1.82, 2.24) is 4.90 Å². The summed E-state index contributed by atoms with van der Waals surface area (Å²) >= 11 is 1.75. The Bertz CT molecular complexity index is 559. The summed E-state index contributed by atoms with van der Waals surface area (Å²) in [6, 6.07) is 12.3. The summed E-state index contributed by atoms with van der Waals surface area (Å²) in [6.45, 7) is 2.91. The van der Waals surface area contributed by atoms with Crippen LogP contribution in [0.3, 0.4) is 0 Å². The lowest BCUT2D eigenvalue weighted by Crippen LogP contribution is -2.30. The van der Waals surface area contributed by atoms with Crippen molar-refractivity contribution in [2.75, 3.05) is 6.54 Å². The Hall–Kier alpha value is -1.61. The Morgan fingerprint density at radius 3 is 2.74 bits per heavy atom. The van der Waals surface area contributed by atoms with Crippen molar-refractivity contribution in [2.45, 2.75) is 25.8 Å². The van der Waals surface area contributed by atoms with E-state index in [1.54, 1.807) is 11.3 Å². The van der Waals surface area contributed by atoms with Crippen LogP contribution in [0.25, 0.3) is 0 Å². The van der Waals surface area contributed by atoms with Gasteiger partial charge in [0.1, 0.15) is 0 Å². The fraction of sp³-hybridized carbons (Fsp3) is 0.312. The summed E-state index contributed by atoms with van der Waals surface area (Å²) in [7, 11) is 0. The number of thiophene rings is 1. The van der Waals surface area contributed by atoms with E-state index in [-0.39, 0.29) is 11.9 Å². The van der Waals surface area contributed by atoms with Crippen LogP contribution in [0.4, 0.5) is 0 Å². The molecule has 1 aliphatic heterocycles. The van der Waals surface area contributed by atoms with Gasteiger partial charge in [-0.1, -0.05) is 23.8 Å². The highest BCUT2D eigenvalue weighted by atomic mass is 32.1. The Balaban J connectivity index is 1.84. The standard InChI is InChI=1S/C16H17NOS/c1-12-6-8-13(9-7-12)16(18)17-10-2-4-14(17)15-5-3-11-19-15/h3,5-9,11,14H,2,4,10H2,1H3. The fourth-order valence-electron chi connectivity index (χ4n) is 2.65. The molecule has 1 aliphatic rings. The highest BCUT2D eigenvalue weighted by molar-refractivity contribution is 7.10. The van der Waals surface area contributed by atoms with E-state index in [2.05, 4.69) is 17.5 Å². The molecule has 1 unspecified atom stereocenters. The molecule has 19 heavy (non-hydrogen) atoms. The van der Waals surface area contributed by atoms with Gasteiger partial charge in [-0.05, 0) is 43.3 Å². The number of amides is 1. The topological polar surface area (TPSA) is 20.3 Å². The maximum Gasteiger partial charge on any atom is 0.254 e. The first-order valence-electron chi connectivity index (χ1n) is 6.67. The third-order valence-corrected chi connectivity index (χ3v) is 4.66. The molecule has 1 aromatic carbocycles. The van der Waals surface area contributed by atoms with Crippen LogP contribution in [0, 0.1) is 6.92 Å². The predicted octanol–water partition coefficient (Wildman–Crippen LogP) is 4.03. The van der Waals surface area contributed by atoms with Crippen LogP contribution in [0.5, 0.6) is 0 Å². The number of hydrogen-bond donors (Lipinski definition) is 0. The van der Waals surface area contributed by atoms with Crippen molar-refractivity contribution in [2.24, 2.45) is 0 Å². The number of likely N-dealkylation sites (tertiary alicyclic amines) is 1. The minimum absolute atomic E-state index is 0.163. The van der Waals surface area contributed by atoms with Crippen molar-refractivity contribution < 1.29 is 4.79 Å². The van der Waals surface area contributed by atoms with Crippen LogP contribution in [-0.2, 0) is 0 Å². The smallest absolute Gasteiger partial charge is 0.254 e. The van der Waals surface area contributed by atoms with Crippen LogP contribution in [0.2, 0.25) is 0 Å². The van der Waals surface area contributed by atoms with Gasteiger partial charge < -0.3 is 4.90 Å². The second kappa shape index (κ2) is 5.17. The van der Waals surface area contributed by atoms with Gasteiger partial charge in [-0.15, -0.1) is 11.3 Å². The molecule has 1 aromatic heterocycles. The van der Waals surface area contributed by atoms with E-state index in [1.165, 1.54) is 10.4 Å². The number of rotatable bonds is 2.